The summed E-state index contributed by atoms with van der Waals surface area (Å²) < 4.78 is 5.66. The molecule has 0 aliphatic carbocycles. The first-order chi connectivity index (χ1) is 18.1. The number of unbranched alkanes of at least 4 members (excludes halogenated alkanes) is 11. The van der Waals surface area contributed by atoms with Crippen molar-refractivity contribution in [3.8, 4) is 0 Å². The summed E-state index contributed by atoms with van der Waals surface area (Å²) in [4.78, 5) is 27.9. The lowest BCUT2D eigenvalue weighted by molar-refractivity contribution is -0.123. The third kappa shape index (κ3) is 19.0. The molecule has 1 aliphatic rings. The molecule has 4 nitrogen and oxygen atoms in total. The van der Waals surface area contributed by atoms with Crippen molar-refractivity contribution >= 4 is 11.6 Å². The van der Waals surface area contributed by atoms with Gasteiger partial charge in [-0.15, -0.1) is 0 Å². The van der Waals surface area contributed by atoms with Crippen LogP contribution >= 0.6 is 0 Å². The fourth-order valence-electron chi connectivity index (χ4n) is 5.79. The summed E-state index contributed by atoms with van der Waals surface area (Å²) in [5, 5.41) is 0. The van der Waals surface area contributed by atoms with Gasteiger partial charge in [0.05, 0.1) is 6.10 Å². The van der Waals surface area contributed by atoms with Crippen LogP contribution in [0, 0.1) is 5.92 Å². The first-order valence-electron chi connectivity index (χ1n) is 16.4. The van der Waals surface area contributed by atoms with Crippen LogP contribution in [0.15, 0.2) is 0 Å². The van der Waals surface area contributed by atoms with Crippen LogP contribution in [0.2, 0.25) is 0 Å². The topological polar surface area (TPSA) is 46.6 Å². The summed E-state index contributed by atoms with van der Waals surface area (Å²) >= 11 is 0. The van der Waals surface area contributed by atoms with Gasteiger partial charge in [-0.3, -0.25) is 9.59 Å². The Morgan fingerprint density at radius 1 is 0.649 bits per heavy atom. The summed E-state index contributed by atoms with van der Waals surface area (Å²) in [6, 6.07) is 0. The monoisotopic (exact) mass is 521 g/mol. The summed E-state index contributed by atoms with van der Waals surface area (Å²) in [7, 11) is 1.78. The zero-order valence-electron chi connectivity index (χ0n) is 25.2. The van der Waals surface area contributed by atoms with E-state index in [9.17, 15) is 9.59 Å². The lowest BCUT2D eigenvalue weighted by Crippen LogP contribution is -2.37. The second kappa shape index (κ2) is 24.3. The Hall–Kier alpha value is -0.740. The van der Waals surface area contributed by atoms with E-state index in [1.54, 1.807) is 7.11 Å². The second-order valence-corrected chi connectivity index (χ2v) is 11.8. The van der Waals surface area contributed by atoms with Gasteiger partial charge in [0.15, 0.2) is 0 Å². The molecule has 1 rings (SSSR count). The number of nitrogens with zero attached hydrogens (tertiary/aromatic N) is 1. The minimum atomic E-state index is 0.180. The first kappa shape index (κ1) is 34.3. The van der Waals surface area contributed by atoms with Gasteiger partial charge in [-0.1, -0.05) is 97.3 Å². The van der Waals surface area contributed by atoms with Crippen LogP contribution in [0.1, 0.15) is 162 Å². The van der Waals surface area contributed by atoms with Crippen molar-refractivity contribution in [2.24, 2.45) is 5.92 Å². The van der Waals surface area contributed by atoms with Gasteiger partial charge in [0.2, 0.25) is 0 Å². The second-order valence-electron chi connectivity index (χ2n) is 11.8. The van der Waals surface area contributed by atoms with Crippen molar-refractivity contribution in [3.63, 3.8) is 0 Å². The molecule has 0 aromatic rings. The highest BCUT2D eigenvalue weighted by atomic mass is 16.5. The molecule has 2 atom stereocenters. The van der Waals surface area contributed by atoms with E-state index in [2.05, 4.69) is 18.7 Å². The molecule has 0 spiro atoms. The van der Waals surface area contributed by atoms with Gasteiger partial charge in [-0.05, 0) is 58.0 Å². The van der Waals surface area contributed by atoms with Gasteiger partial charge in [0, 0.05) is 38.8 Å². The molecule has 4 heteroatoms. The van der Waals surface area contributed by atoms with Crippen molar-refractivity contribution in [1.82, 2.24) is 4.90 Å². The Kier molecular flexibility index (Phi) is 22.5. The quantitative estimate of drug-likeness (QED) is 0.106. The zero-order valence-corrected chi connectivity index (χ0v) is 25.2. The molecule has 0 amide bonds. The predicted octanol–water partition coefficient (Wildman–Crippen LogP) is 9.08. The lowest BCUT2D eigenvalue weighted by atomic mass is 9.88. The molecular weight excluding hydrogens is 458 g/mol. The van der Waals surface area contributed by atoms with Crippen molar-refractivity contribution in [1.29, 1.82) is 0 Å². The van der Waals surface area contributed by atoms with Crippen LogP contribution in [0.4, 0.5) is 0 Å². The summed E-state index contributed by atoms with van der Waals surface area (Å²) in [6.45, 7) is 7.83. The number of ketones is 2. The van der Waals surface area contributed by atoms with Crippen molar-refractivity contribution in [2.45, 2.75) is 168 Å². The third-order valence-corrected chi connectivity index (χ3v) is 8.39. The first-order valence-corrected chi connectivity index (χ1v) is 16.4. The number of methoxy groups -OCH3 is 1. The Labute approximate surface area is 231 Å². The van der Waals surface area contributed by atoms with E-state index in [4.69, 9.17) is 4.74 Å². The summed E-state index contributed by atoms with van der Waals surface area (Å²) in [5.41, 5.74) is 0. The number of carbonyl (C=O) groups is 2. The van der Waals surface area contributed by atoms with E-state index < -0.39 is 0 Å². The fraction of sp³-hybridized carbons (Fsp3) is 0.939. The molecule has 0 radical (unpaired) electrons. The minimum absolute atomic E-state index is 0.180. The number of hydrogen-bond acceptors (Lipinski definition) is 4. The third-order valence-electron chi connectivity index (χ3n) is 8.39. The highest BCUT2D eigenvalue weighted by Gasteiger charge is 2.18. The molecule has 0 saturated carbocycles. The van der Waals surface area contributed by atoms with Gasteiger partial charge in [-0.2, -0.15) is 0 Å². The van der Waals surface area contributed by atoms with E-state index in [0.29, 0.717) is 30.3 Å². The molecule has 1 fully saturated rings. The van der Waals surface area contributed by atoms with Crippen molar-refractivity contribution < 1.29 is 14.3 Å². The van der Waals surface area contributed by atoms with Crippen LogP contribution in [0.5, 0.6) is 0 Å². The molecule has 1 saturated heterocycles. The maximum absolute atomic E-state index is 13.0. The average Bonchev–Trinajstić information content (AvgIpc) is 2.92. The Bertz CT molecular complexity index is 544. The van der Waals surface area contributed by atoms with Gasteiger partial charge in [0.1, 0.15) is 11.6 Å². The standard InChI is InChI=1S/C33H63NO3/c1-4-6-8-10-11-16-22-30(21-15-9-7-5-2)33(36)24-18-13-12-17-23-31(35)25-26-32(37-3)29-34-27-19-14-20-28-34/h30,32H,4-29H2,1-3H3. The number of piperidine rings is 1. The van der Waals surface area contributed by atoms with Crippen LogP contribution in [-0.4, -0.2) is 49.3 Å². The number of ether oxygens (including phenoxy) is 1. The summed E-state index contributed by atoms with van der Waals surface area (Å²) in [6.07, 6.45) is 26.2. The van der Waals surface area contributed by atoms with Crippen LogP contribution in [-0.2, 0) is 14.3 Å². The Balaban J connectivity index is 2.16. The smallest absolute Gasteiger partial charge is 0.135 e. The minimum Gasteiger partial charge on any atom is -0.380 e. The Morgan fingerprint density at radius 3 is 1.81 bits per heavy atom. The molecule has 0 bridgehead atoms. The number of carbonyl (C=O) groups excluding carboxylic acids is 2. The maximum Gasteiger partial charge on any atom is 0.135 e. The molecule has 2 unspecified atom stereocenters. The molecule has 1 heterocycles. The zero-order chi connectivity index (χ0) is 27.0. The number of hydrogen-bond donors (Lipinski definition) is 0. The maximum atomic E-state index is 13.0. The number of Topliss-reactive ketones (excluding diaryl/α,β-unsaturated/α-hetero) is 2. The van der Waals surface area contributed by atoms with Gasteiger partial charge in [0.25, 0.3) is 0 Å². The highest BCUT2D eigenvalue weighted by Crippen LogP contribution is 2.22. The Morgan fingerprint density at radius 2 is 1.19 bits per heavy atom. The van der Waals surface area contributed by atoms with Gasteiger partial charge in [-0.25, -0.2) is 0 Å². The largest absolute Gasteiger partial charge is 0.380 e. The number of rotatable bonds is 26. The van der Waals surface area contributed by atoms with Crippen molar-refractivity contribution in [3.05, 3.63) is 0 Å². The molecule has 0 aromatic carbocycles. The highest BCUT2D eigenvalue weighted by molar-refractivity contribution is 5.80. The van der Waals surface area contributed by atoms with E-state index in [-0.39, 0.29) is 6.10 Å². The van der Waals surface area contributed by atoms with E-state index in [1.165, 1.54) is 96.6 Å². The van der Waals surface area contributed by atoms with Crippen LogP contribution in [0.25, 0.3) is 0 Å². The average molecular weight is 522 g/mol. The molecule has 218 valence electrons. The fourth-order valence-corrected chi connectivity index (χ4v) is 5.79. The molecule has 0 N–H and O–H groups in total. The lowest BCUT2D eigenvalue weighted by Gasteiger charge is -2.29. The van der Waals surface area contributed by atoms with E-state index in [1.807, 2.05) is 0 Å². The van der Waals surface area contributed by atoms with E-state index in [0.717, 1.165) is 57.9 Å². The van der Waals surface area contributed by atoms with Gasteiger partial charge >= 0.3 is 0 Å². The molecule has 1 aliphatic heterocycles. The number of likely N-dealkylation sites (tertiary alicyclic amines) is 1. The summed E-state index contributed by atoms with van der Waals surface area (Å²) in [5.74, 6) is 1.19. The normalized spacial score (nSPS) is 16.1. The molecule has 37 heavy (non-hydrogen) atoms. The predicted molar refractivity (Wildman–Crippen MR) is 158 cm³/mol. The van der Waals surface area contributed by atoms with Gasteiger partial charge < -0.3 is 9.64 Å². The molecular formula is C33H63NO3. The SMILES string of the molecule is CCCCCCCCC(CCCCCC)C(=O)CCCCCCC(=O)CCC(CN1CCCCC1)OC. The van der Waals surface area contributed by atoms with Crippen LogP contribution in [0.3, 0.4) is 0 Å². The van der Waals surface area contributed by atoms with Crippen molar-refractivity contribution in [2.75, 3.05) is 26.7 Å². The van der Waals surface area contributed by atoms with Crippen LogP contribution < -0.4 is 0 Å². The van der Waals surface area contributed by atoms with E-state index >= 15 is 0 Å². The molecule has 0 aromatic heterocycles.